The normalized spacial score (nSPS) is 12.0. The van der Waals surface area contributed by atoms with E-state index < -0.39 is 0 Å². The third kappa shape index (κ3) is 4.24. The lowest BCUT2D eigenvalue weighted by Crippen LogP contribution is -2.27. The number of hydrogen-bond acceptors (Lipinski definition) is 7. The molecule has 30 heavy (non-hydrogen) atoms. The zero-order valence-electron chi connectivity index (χ0n) is 16.3. The lowest BCUT2D eigenvalue weighted by atomic mass is 10.1. The minimum Gasteiger partial charge on any atom is -0.444 e. The highest BCUT2D eigenvalue weighted by molar-refractivity contribution is 5.94. The molecule has 0 saturated carbocycles. The van der Waals surface area contributed by atoms with Gasteiger partial charge in [-0.05, 0) is 30.3 Å². The largest absolute Gasteiger partial charge is 0.444 e. The molecule has 4 rings (SSSR count). The van der Waals surface area contributed by atoms with Crippen molar-refractivity contribution in [3.8, 4) is 22.8 Å². The molecular formula is C21H18FN5O3. The molecule has 1 aromatic carbocycles. The van der Waals surface area contributed by atoms with Crippen LogP contribution in [-0.4, -0.2) is 32.6 Å². The summed E-state index contributed by atoms with van der Waals surface area (Å²) in [6.07, 6.45) is 4.57. The fourth-order valence-corrected chi connectivity index (χ4v) is 2.79. The van der Waals surface area contributed by atoms with E-state index >= 15 is 0 Å². The van der Waals surface area contributed by atoms with E-state index in [-0.39, 0.29) is 17.6 Å². The Labute approximate surface area is 171 Å². The zero-order valence-corrected chi connectivity index (χ0v) is 16.3. The van der Waals surface area contributed by atoms with Gasteiger partial charge in [-0.25, -0.2) is 9.37 Å². The SMILES string of the molecule is Cc1nc(-c2cncc(C(=O)NCC(C)c3coc(-c4ccc(F)cc4)n3)c2)no1. The van der Waals surface area contributed by atoms with Crippen LogP contribution in [0.1, 0.15) is 34.8 Å². The summed E-state index contributed by atoms with van der Waals surface area (Å²) >= 11 is 0. The van der Waals surface area contributed by atoms with Crippen molar-refractivity contribution in [2.24, 2.45) is 0 Å². The second-order valence-corrected chi connectivity index (χ2v) is 6.79. The van der Waals surface area contributed by atoms with Crippen molar-refractivity contribution in [2.75, 3.05) is 6.54 Å². The summed E-state index contributed by atoms with van der Waals surface area (Å²) in [4.78, 5) is 25.2. The maximum atomic E-state index is 13.1. The number of amides is 1. The van der Waals surface area contributed by atoms with Crippen molar-refractivity contribution in [3.63, 3.8) is 0 Å². The van der Waals surface area contributed by atoms with Crippen LogP contribution in [0.4, 0.5) is 4.39 Å². The highest BCUT2D eigenvalue weighted by Crippen LogP contribution is 2.22. The van der Waals surface area contributed by atoms with E-state index in [0.29, 0.717) is 46.5 Å². The average Bonchev–Trinajstić information content (AvgIpc) is 3.42. The Bertz CT molecular complexity index is 1170. The van der Waals surface area contributed by atoms with Gasteiger partial charge in [-0.1, -0.05) is 12.1 Å². The Morgan fingerprint density at radius 2 is 1.97 bits per heavy atom. The number of hydrogen-bond donors (Lipinski definition) is 1. The fourth-order valence-electron chi connectivity index (χ4n) is 2.79. The monoisotopic (exact) mass is 407 g/mol. The van der Waals surface area contributed by atoms with Gasteiger partial charge in [-0.3, -0.25) is 9.78 Å². The summed E-state index contributed by atoms with van der Waals surface area (Å²) in [7, 11) is 0. The third-order valence-electron chi connectivity index (χ3n) is 4.47. The Kier molecular flexibility index (Phi) is 5.34. The summed E-state index contributed by atoms with van der Waals surface area (Å²) in [5.74, 6) is 0.506. The first-order valence-electron chi connectivity index (χ1n) is 9.25. The van der Waals surface area contributed by atoms with E-state index in [9.17, 15) is 9.18 Å². The molecule has 0 radical (unpaired) electrons. The molecule has 1 amide bonds. The van der Waals surface area contributed by atoms with Gasteiger partial charge in [0.1, 0.15) is 12.1 Å². The van der Waals surface area contributed by atoms with Crippen molar-refractivity contribution < 1.29 is 18.1 Å². The fraction of sp³-hybridized carbons (Fsp3) is 0.190. The summed E-state index contributed by atoms with van der Waals surface area (Å²) in [6, 6.07) is 7.55. The van der Waals surface area contributed by atoms with E-state index in [4.69, 9.17) is 8.94 Å². The number of carbonyl (C=O) groups excluding carboxylic acids is 1. The van der Waals surface area contributed by atoms with Crippen molar-refractivity contribution in [1.82, 2.24) is 25.4 Å². The minimum absolute atomic E-state index is 0.0945. The highest BCUT2D eigenvalue weighted by Gasteiger charge is 2.16. The Morgan fingerprint density at radius 1 is 1.17 bits per heavy atom. The quantitative estimate of drug-likeness (QED) is 0.518. The lowest BCUT2D eigenvalue weighted by Gasteiger charge is -2.10. The van der Waals surface area contributed by atoms with Gasteiger partial charge >= 0.3 is 0 Å². The second kappa shape index (κ2) is 8.24. The molecule has 3 heterocycles. The topological polar surface area (TPSA) is 107 Å². The molecule has 8 nitrogen and oxygen atoms in total. The van der Waals surface area contributed by atoms with Gasteiger partial charge in [-0.2, -0.15) is 4.98 Å². The van der Waals surface area contributed by atoms with Crippen LogP contribution in [0.2, 0.25) is 0 Å². The van der Waals surface area contributed by atoms with Crippen LogP contribution in [0.3, 0.4) is 0 Å². The molecule has 0 bridgehead atoms. The molecule has 1 unspecified atom stereocenters. The minimum atomic E-state index is -0.324. The van der Waals surface area contributed by atoms with Crippen LogP contribution >= 0.6 is 0 Å². The number of aryl methyl sites for hydroxylation is 1. The van der Waals surface area contributed by atoms with Crippen LogP contribution in [0.25, 0.3) is 22.8 Å². The van der Waals surface area contributed by atoms with Gasteiger partial charge in [-0.15, -0.1) is 0 Å². The van der Waals surface area contributed by atoms with Crippen LogP contribution < -0.4 is 5.32 Å². The Balaban J connectivity index is 1.40. The predicted octanol–water partition coefficient (Wildman–Crippen LogP) is 3.77. The number of benzene rings is 1. The number of carbonyl (C=O) groups is 1. The summed E-state index contributed by atoms with van der Waals surface area (Å²) in [5.41, 5.74) is 2.34. The molecule has 0 aliphatic heterocycles. The van der Waals surface area contributed by atoms with Gasteiger partial charge < -0.3 is 14.3 Å². The van der Waals surface area contributed by atoms with E-state index in [1.807, 2.05) is 6.92 Å². The average molecular weight is 407 g/mol. The predicted molar refractivity (Wildman–Crippen MR) is 105 cm³/mol. The van der Waals surface area contributed by atoms with Crippen molar-refractivity contribution in [3.05, 3.63) is 72.0 Å². The van der Waals surface area contributed by atoms with Crippen LogP contribution in [0.15, 0.2) is 57.9 Å². The molecule has 4 aromatic rings. The first kappa shape index (κ1) is 19.4. The highest BCUT2D eigenvalue weighted by atomic mass is 19.1. The van der Waals surface area contributed by atoms with E-state index in [0.717, 1.165) is 0 Å². The molecular weight excluding hydrogens is 389 g/mol. The standard InChI is InChI=1S/C21H18FN5O3/c1-12(18-11-29-21(26-18)14-3-5-17(22)6-4-14)8-24-20(28)16-7-15(9-23-10-16)19-25-13(2)30-27-19/h3-7,9-12H,8H2,1-2H3,(H,24,28). The van der Waals surface area contributed by atoms with Crippen LogP contribution in [0, 0.1) is 12.7 Å². The number of halogens is 1. The molecule has 0 aliphatic carbocycles. The molecule has 0 saturated heterocycles. The third-order valence-corrected chi connectivity index (χ3v) is 4.47. The molecule has 0 fully saturated rings. The number of pyridine rings is 1. The number of aromatic nitrogens is 4. The first-order valence-corrected chi connectivity index (χ1v) is 9.25. The van der Waals surface area contributed by atoms with E-state index in [1.54, 1.807) is 31.3 Å². The van der Waals surface area contributed by atoms with E-state index in [2.05, 4.69) is 25.4 Å². The molecule has 1 N–H and O–H groups in total. The van der Waals surface area contributed by atoms with Gasteiger partial charge in [0.2, 0.25) is 17.6 Å². The number of rotatable bonds is 6. The molecule has 152 valence electrons. The second-order valence-electron chi connectivity index (χ2n) is 6.79. The van der Waals surface area contributed by atoms with Gasteiger partial charge in [0.25, 0.3) is 5.91 Å². The molecule has 0 spiro atoms. The summed E-state index contributed by atoms with van der Waals surface area (Å²) in [5, 5.41) is 6.70. The molecule has 0 aliphatic rings. The van der Waals surface area contributed by atoms with Gasteiger partial charge in [0, 0.05) is 42.9 Å². The Morgan fingerprint density at radius 3 is 2.70 bits per heavy atom. The number of oxazole rings is 1. The van der Waals surface area contributed by atoms with Crippen molar-refractivity contribution >= 4 is 5.91 Å². The van der Waals surface area contributed by atoms with E-state index in [1.165, 1.54) is 24.6 Å². The van der Waals surface area contributed by atoms with Crippen LogP contribution in [0.5, 0.6) is 0 Å². The maximum absolute atomic E-state index is 13.1. The van der Waals surface area contributed by atoms with Gasteiger partial charge in [0.05, 0.1) is 11.3 Å². The molecule has 1 atom stereocenters. The number of nitrogens with zero attached hydrogens (tertiary/aromatic N) is 4. The van der Waals surface area contributed by atoms with Crippen molar-refractivity contribution in [2.45, 2.75) is 19.8 Å². The summed E-state index contributed by atoms with van der Waals surface area (Å²) in [6.45, 7) is 3.95. The lowest BCUT2D eigenvalue weighted by molar-refractivity contribution is 0.0951. The first-order chi connectivity index (χ1) is 14.5. The molecule has 9 heteroatoms. The maximum Gasteiger partial charge on any atom is 0.252 e. The Hall–Kier alpha value is -3.88. The van der Waals surface area contributed by atoms with Crippen LogP contribution in [-0.2, 0) is 0 Å². The number of nitrogens with one attached hydrogen (secondary N) is 1. The van der Waals surface area contributed by atoms with Crippen molar-refractivity contribution in [1.29, 1.82) is 0 Å². The van der Waals surface area contributed by atoms with Gasteiger partial charge in [0.15, 0.2) is 0 Å². The summed E-state index contributed by atoms with van der Waals surface area (Å²) < 4.78 is 23.5. The smallest absolute Gasteiger partial charge is 0.252 e. The zero-order chi connectivity index (χ0) is 21.1. The molecule has 3 aromatic heterocycles.